The van der Waals surface area contributed by atoms with E-state index in [1.54, 1.807) is 0 Å². The van der Waals surface area contributed by atoms with Gasteiger partial charge in [-0.3, -0.25) is 9.69 Å². The number of nitrogens with zero attached hydrogens (tertiary/aromatic N) is 2. The fourth-order valence-electron chi connectivity index (χ4n) is 4.72. The fourth-order valence-corrected chi connectivity index (χ4v) is 5.66. The Kier molecular flexibility index (Phi) is 7.18. The molecule has 0 atom stereocenters. The summed E-state index contributed by atoms with van der Waals surface area (Å²) < 4.78 is 0. The van der Waals surface area contributed by atoms with Crippen molar-refractivity contribution in [3.05, 3.63) is 118 Å². The Balaban J connectivity index is 1.18. The normalized spacial score (nSPS) is 14.4. The molecule has 1 aliphatic rings. The summed E-state index contributed by atoms with van der Waals surface area (Å²) in [5.74, 6) is 0.343. The lowest BCUT2D eigenvalue weighted by Gasteiger charge is -2.35. The van der Waals surface area contributed by atoms with Crippen LogP contribution in [0.4, 0.5) is 0 Å². The molecule has 0 bridgehead atoms. The van der Waals surface area contributed by atoms with E-state index in [1.807, 2.05) is 23.5 Å². The third kappa shape index (κ3) is 5.46. The van der Waals surface area contributed by atoms with Crippen LogP contribution < -0.4 is 0 Å². The molecular weight excluding hydrogens is 436 g/mol. The van der Waals surface area contributed by atoms with Crippen molar-refractivity contribution in [2.75, 3.05) is 26.2 Å². The van der Waals surface area contributed by atoms with Gasteiger partial charge in [-0.05, 0) is 33.7 Å². The molecule has 34 heavy (non-hydrogen) atoms. The highest BCUT2D eigenvalue weighted by Gasteiger charge is 2.25. The van der Waals surface area contributed by atoms with Crippen LogP contribution in [0.3, 0.4) is 0 Å². The smallest absolute Gasteiger partial charge is 0.223 e. The first-order chi connectivity index (χ1) is 16.8. The van der Waals surface area contributed by atoms with Gasteiger partial charge in [-0.25, -0.2) is 0 Å². The molecule has 4 heteroatoms. The van der Waals surface area contributed by atoms with Crippen molar-refractivity contribution in [2.45, 2.75) is 18.9 Å². The van der Waals surface area contributed by atoms with Gasteiger partial charge >= 0.3 is 0 Å². The fraction of sp³-hybridized carbons (Fsp3) is 0.233. The molecule has 1 aromatic heterocycles. The molecule has 4 aromatic rings. The van der Waals surface area contributed by atoms with E-state index in [1.165, 1.54) is 27.1 Å². The number of benzene rings is 3. The molecule has 0 N–H and O–H groups in total. The Morgan fingerprint density at radius 1 is 0.735 bits per heavy atom. The molecule has 1 saturated heterocycles. The first-order valence-electron chi connectivity index (χ1n) is 12.0. The SMILES string of the molecule is O=C(CC(c1ccccc1)c1ccccc1)N1CCN(Cc2cc(-c3ccccc3)cs2)CC1. The average molecular weight is 467 g/mol. The highest BCUT2D eigenvalue weighted by atomic mass is 32.1. The van der Waals surface area contributed by atoms with Crippen molar-refractivity contribution in [1.82, 2.24) is 9.80 Å². The highest BCUT2D eigenvalue weighted by Crippen LogP contribution is 2.29. The summed E-state index contributed by atoms with van der Waals surface area (Å²) in [4.78, 5) is 19.2. The zero-order chi connectivity index (χ0) is 23.2. The van der Waals surface area contributed by atoms with Crippen molar-refractivity contribution in [1.29, 1.82) is 0 Å². The summed E-state index contributed by atoms with van der Waals surface area (Å²) in [6.07, 6.45) is 0.513. The molecule has 0 radical (unpaired) electrons. The molecule has 1 fully saturated rings. The molecule has 1 amide bonds. The van der Waals surface area contributed by atoms with Gasteiger partial charge in [0.2, 0.25) is 5.91 Å². The van der Waals surface area contributed by atoms with E-state index in [4.69, 9.17) is 0 Å². The van der Waals surface area contributed by atoms with E-state index in [0.717, 1.165) is 32.7 Å². The van der Waals surface area contributed by atoms with Gasteiger partial charge in [0.25, 0.3) is 0 Å². The maximum Gasteiger partial charge on any atom is 0.223 e. The second-order valence-electron chi connectivity index (χ2n) is 8.90. The first kappa shape index (κ1) is 22.6. The van der Waals surface area contributed by atoms with Crippen LogP contribution in [0.5, 0.6) is 0 Å². The van der Waals surface area contributed by atoms with Crippen LogP contribution in [0.15, 0.2) is 102 Å². The third-order valence-electron chi connectivity index (χ3n) is 6.65. The van der Waals surface area contributed by atoms with Crippen molar-refractivity contribution in [2.24, 2.45) is 0 Å². The maximum atomic E-state index is 13.3. The van der Waals surface area contributed by atoms with Gasteiger partial charge in [0, 0.05) is 49.9 Å². The van der Waals surface area contributed by atoms with Crippen LogP contribution in [-0.2, 0) is 11.3 Å². The summed E-state index contributed by atoms with van der Waals surface area (Å²) in [7, 11) is 0. The molecule has 0 unspecified atom stereocenters. The molecule has 0 spiro atoms. The van der Waals surface area contributed by atoms with Crippen LogP contribution in [0.1, 0.15) is 28.3 Å². The van der Waals surface area contributed by atoms with E-state index >= 15 is 0 Å². The Morgan fingerprint density at radius 3 is 1.88 bits per heavy atom. The van der Waals surface area contributed by atoms with Gasteiger partial charge in [-0.1, -0.05) is 91.0 Å². The van der Waals surface area contributed by atoms with E-state index < -0.39 is 0 Å². The number of hydrogen-bond donors (Lipinski definition) is 0. The van der Waals surface area contributed by atoms with Crippen LogP contribution in [-0.4, -0.2) is 41.9 Å². The van der Waals surface area contributed by atoms with E-state index in [9.17, 15) is 4.79 Å². The first-order valence-corrected chi connectivity index (χ1v) is 12.9. The molecular formula is C30H30N2OS. The maximum absolute atomic E-state index is 13.3. The van der Waals surface area contributed by atoms with Gasteiger partial charge < -0.3 is 4.90 Å². The number of piperazine rings is 1. The standard InChI is InChI=1S/C30H30N2OS/c33-30(21-29(25-12-6-2-7-13-25)26-14-8-3-9-15-26)32-18-16-31(17-19-32)22-28-20-27(23-34-28)24-10-4-1-5-11-24/h1-15,20,23,29H,16-19,21-22H2. The summed E-state index contributed by atoms with van der Waals surface area (Å²) in [5, 5.41) is 2.25. The Hall–Kier alpha value is -3.21. The number of carbonyl (C=O) groups is 1. The molecule has 2 heterocycles. The van der Waals surface area contributed by atoms with E-state index in [0.29, 0.717) is 6.42 Å². The summed E-state index contributed by atoms with van der Waals surface area (Å²) in [5.41, 5.74) is 4.97. The van der Waals surface area contributed by atoms with Crippen LogP contribution in [0, 0.1) is 0 Å². The minimum atomic E-state index is 0.0930. The van der Waals surface area contributed by atoms with Gasteiger partial charge in [0.15, 0.2) is 0 Å². The lowest BCUT2D eigenvalue weighted by Crippen LogP contribution is -2.48. The zero-order valence-corrected chi connectivity index (χ0v) is 20.2. The van der Waals surface area contributed by atoms with Crippen molar-refractivity contribution < 1.29 is 4.79 Å². The summed E-state index contributed by atoms with van der Waals surface area (Å²) in [6, 6.07) is 33.7. The quantitative estimate of drug-likeness (QED) is 0.320. The predicted molar refractivity (Wildman–Crippen MR) is 141 cm³/mol. The number of rotatable bonds is 7. The number of amides is 1. The van der Waals surface area contributed by atoms with Gasteiger partial charge in [-0.2, -0.15) is 0 Å². The lowest BCUT2D eigenvalue weighted by atomic mass is 9.88. The Morgan fingerprint density at radius 2 is 1.29 bits per heavy atom. The molecule has 5 rings (SSSR count). The molecule has 172 valence electrons. The molecule has 3 aromatic carbocycles. The van der Waals surface area contributed by atoms with Crippen LogP contribution >= 0.6 is 11.3 Å². The van der Waals surface area contributed by atoms with Gasteiger partial charge in [-0.15, -0.1) is 11.3 Å². The lowest BCUT2D eigenvalue weighted by molar-refractivity contribution is -0.133. The molecule has 0 aliphatic carbocycles. The summed E-state index contributed by atoms with van der Waals surface area (Å²) >= 11 is 1.83. The Bertz CT molecular complexity index is 1140. The van der Waals surface area contributed by atoms with Crippen molar-refractivity contribution in [3.63, 3.8) is 0 Å². The van der Waals surface area contributed by atoms with Crippen LogP contribution in [0.2, 0.25) is 0 Å². The van der Waals surface area contributed by atoms with Crippen molar-refractivity contribution >= 4 is 17.2 Å². The molecule has 3 nitrogen and oxygen atoms in total. The number of carbonyl (C=O) groups excluding carboxylic acids is 1. The number of thiophene rings is 1. The highest BCUT2D eigenvalue weighted by molar-refractivity contribution is 7.10. The predicted octanol–water partition coefficient (Wildman–Crippen LogP) is 6.28. The Labute approximate surface area is 206 Å². The minimum Gasteiger partial charge on any atom is -0.340 e. The largest absolute Gasteiger partial charge is 0.340 e. The monoisotopic (exact) mass is 466 g/mol. The summed E-state index contributed by atoms with van der Waals surface area (Å²) in [6.45, 7) is 4.39. The third-order valence-corrected chi connectivity index (χ3v) is 7.57. The second kappa shape index (κ2) is 10.8. The van der Waals surface area contributed by atoms with E-state index in [-0.39, 0.29) is 11.8 Å². The second-order valence-corrected chi connectivity index (χ2v) is 9.90. The topological polar surface area (TPSA) is 23.6 Å². The van der Waals surface area contributed by atoms with Gasteiger partial charge in [0.1, 0.15) is 0 Å². The minimum absolute atomic E-state index is 0.0930. The van der Waals surface area contributed by atoms with Crippen LogP contribution in [0.25, 0.3) is 11.1 Å². The average Bonchev–Trinajstić information content (AvgIpc) is 3.37. The van der Waals surface area contributed by atoms with Crippen molar-refractivity contribution in [3.8, 4) is 11.1 Å². The zero-order valence-electron chi connectivity index (χ0n) is 19.3. The molecule has 1 aliphatic heterocycles. The molecule has 0 saturated carbocycles. The van der Waals surface area contributed by atoms with Gasteiger partial charge in [0.05, 0.1) is 0 Å². The van der Waals surface area contributed by atoms with E-state index in [2.05, 4.69) is 100 Å². The number of hydrogen-bond acceptors (Lipinski definition) is 3.